The number of carbonyl (C=O) groups is 2. The molecule has 0 spiro atoms. The SMILES string of the molecule is C=CC(=O)N1C[C@@H]2CC(=O)Nc3c(c4cc(Cl)c(-c5c(O)cccc5F)nc4n(-c4c(C)ccnc4C(C)C)c3=O)N2[C@@H](C)C1. The van der Waals surface area contributed by atoms with Crippen molar-refractivity contribution in [1.82, 2.24) is 19.4 Å². The van der Waals surface area contributed by atoms with Crippen LogP contribution in [0, 0.1) is 12.7 Å². The molecule has 2 aliphatic rings. The number of pyridine rings is 3. The van der Waals surface area contributed by atoms with Crippen LogP contribution in [-0.2, 0) is 9.59 Å². The Morgan fingerprint density at radius 2 is 1.98 bits per heavy atom. The van der Waals surface area contributed by atoms with Crippen LogP contribution in [0.25, 0.3) is 28.0 Å². The van der Waals surface area contributed by atoms with E-state index in [-0.39, 0.29) is 70.1 Å². The number of hydrogen-bond donors (Lipinski definition) is 2. The molecule has 10 nitrogen and oxygen atoms in total. The van der Waals surface area contributed by atoms with Gasteiger partial charge in [0, 0.05) is 37.1 Å². The zero-order chi connectivity index (χ0) is 32.3. The van der Waals surface area contributed by atoms with Crippen LogP contribution in [0.1, 0.15) is 44.4 Å². The molecular weight excluding hydrogens is 599 g/mol. The van der Waals surface area contributed by atoms with Gasteiger partial charge in [0.15, 0.2) is 5.65 Å². The molecule has 1 saturated heterocycles. The third-order valence-electron chi connectivity index (χ3n) is 8.44. The van der Waals surface area contributed by atoms with Crippen LogP contribution in [0.5, 0.6) is 5.75 Å². The fourth-order valence-corrected chi connectivity index (χ4v) is 6.77. The van der Waals surface area contributed by atoms with Crippen LogP contribution in [0.15, 0.2) is 54.0 Å². The molecule has 0 aliphatic carbocycles. The minimum absolute atomic E-state index is 0.0202. The maximum absolute atomic E-state index is 15.2. The standard InChI is InChI=1S/C33H32ClFN6O4/c1-6-25(44)39-14-18(5)40-19(15-39)12-24(43)37-29-31(40)20-13-21(34)28(26-22(35)8-7-9-23(26)42)38-32(20)41(33(29)45)30-17(4)10-11-36-27(30)16(2)3/h6-11,13,16,18-19,42H,1,12,14-15H2,2-5H3,(H,37,43)/t18-,19-/m0/s1. The Balaban J connectivity index is 1.76. The molecule has 232 valence electrons. The van der Waals surface area contributed by atoms with Crippen LogP contribution < -0.4 is 15.8 Å². The van der Waals surface area contributed by atoms with Crippen LogP contribution in [0.2, 0.25) is 5.02 Å². The molecule has 0 radical (unpaired) electrons. The highest BCUT2D eigenvalue weighted by atomic mass is 35.5. The second kappa shape index (κ2) is 11.3. The van der Waals surface area contributed by atoms with Crippen molar-refractivity contribution >= 4 is 45.8 Å². The predicted molar refractivity (Wildman–Crippen MR) is 172 cm³/mol. The average molecular weight is 631 g/mol. The quantitative estimate of drug-likeness (QED) is 0.293. The van der Waals surface area contributed by atoms with Gasteiger partial charge in [-0.1, -0.05) is 38.1 Å². The highest BCUT2D eigenvalue weighted by Crippen LogP contribution is 2.44. The number of fused-ring (bicyclic) bond motifs is 5. The molecule has 2 atom stereocenters. The number of nitrogens with zero attached hydrogens (tertiary/aromatic N) is 5. The van der Waals surface area contributed by atoms with Gasteiger partial charge >= 0.3 is 0 Å². The summed E-state index contributed by atoms with van der Waals surface area (Å²) < 4.78 is 16.6. The van der Waals surface area contributed by atoms with Crippen molar-refractivity contribution in [2.75, 3.05) is 23.3 Å². The van der Waals surface area contributed by atoms with Crippen molar-refractivity contribution in [3.05, 3.63) is 81.6 Å². The molecule has 5 heterocycles. The number of aromatic nitrogens is 3. The molecule has 0 unspecified atom stereocenters. The molecule has 3 aromatic heterocycles. The van der Waals surface area contributed by atoms with Gasteiger partial charge in [-0.05, 0) is 55.7 Å². The molecule has 6 rings (SSSR count). The Bertz CT molecular complexity index is 1960. The fourth-order valence-electron chi connectivity index (χ4n) is 6.53. The summed E-state index contributed by atoms with van der Waals surface area (Å²) in [5, 5.41) is 14.0. The lowest BCUT2D eigenvalue weighted by Gasteiger charge is -2.46. The summed E-state index contributed by atoms with van der Waals surface area (Å²) in [6.07, 6.45) is 2.93. The summed E-state index contributed by atoms with van der Waals surface area (Å²) in [6, 6.07) is 6.46. The number of benzene rings is 1. The monoisotopic (exact) mass is 630 g/mol. The van der Waals surface area contributed by atoms with E-state index in [1.807, 2.05) is 32.6 Å². The van der Waals surface area contributed by atoms with Crippen LogP contribution in [0.3, 0.4) is 0 Å². The van der Waals surface area contributed by atoms with Gasteiger partial charge in [-0.15, -0.1) is 0 Å². The van der Waals surface area contributed by atoms with E-state index in [9.17, 15) is 19.5 Å². The highest BCUT2D eigenvalue weighted by Gasteiger charge is 2.41. The predicted octanol–water partition coefficient (Wildman–Crippen LogP) is 5.31. The lowest BCUT2D eigenvalue weighted by molar-refractivity contribution is -0.128. The molecule has 2 aliphatic heterocycles. The first-order valence-corrected chi connectivity index (χ1v) is 15.0. The fraction of sp³-hybridized carbons (Fsp3) is 0.303. The molecular formula is C33H32ClFN6O4. The van der Waals surface area contributed by atoms with Crippen LogP contribution >= 0.6 is 11.6 Å². The van der Waals surface area contributed by atoms with E-state index >= 15 is 4.39 Å². The van der Waals surface area contributed by atoms with Gasteiger partial charge < -0.3 is 20.2 Å². The Kier molecular flexibility index (Phi) is 7.60. The van der Waals surface area contributed by atoms with Crippen LogP contribution in [-0.4, -0.2) is 61.5 Å². The summed E-state index contributed by atoms with van der Waals surface area (Å²) in [4.78, 5) is 53.7. The molecule has 0 bridgehead atoms. The van der Waals surface area contributed by atoms with Gasteiger partial charge in [-0.25, -0.2) is 9.37 Å². The molecule has 0 saturated carbocycles. The number of rotatable bonds is 4. The zero-order valence-corrected chi connectivity index (χ0v) is 26.0. The van der Waals surface area contributed by atoms with E-state index in [1.165, 1.54) is 28.8 Å². The first kappa shape index (κ1) is 30.3. The number of anilines is 2. The third kappa shape index (κ3) is 4.91. The number of phenolic OH excluding ortho intramolecular Hbond substituents is 1. The molecule has 12 heteroatoms. The van der Waals surface area contributed by atoms with Gasteiger partial charge in [0.05, 0.1) is 39.4 Å². The van der Waals surface area contributed by atoms with E-state index in [0.717, 1.165) is 5.56 Å². The van der Waals surface area contributed by atoms with Gasteiger partial charge in [0.25, 0.3) is 5.56 Å². The number of piperazine rings is 1. The van der Waals surface area contributed by atoms with Crippen molar-refractivity contribution in [2.24, 2.45) is 0 Å². The summed E-state index contributed by atoms with van der Waals surface area (Å²) in [5.74, 6) is -1.84. The van der Waals surface area contributed by atoms with Gasteiger partial charge in [-0.3, -0.25) is 23.9 Å². The number of amides is 2. The average Bonchev–Trinajstić information content (AvgIpc) is 3.14. The zero-order valence-electron chi connectivity index (χ0n) is 25.3. The number of halogens is 2. The normalized spacial score (nSPS) is 18.0. The van der Waals surface area contributed by atoms with E-state index < -0.39 is 17.4 Å². The van der Waals surface area contributed by atoms with Crippen molar-refractivity contribution < 1.29 is 19.1 Å². The Morgan fingerprint density at radius 3 is 2.67 bits per heavy atom. The van der Waals surface area contributed by atoms with Gasteiger partial charge in [0.1, 0.15) is 17.3 Å². The number of aromatic hydroxyl groups is 1. The number of phenols is 1. The highest BCUT2D eigenvalue weighted by molar-refractivity contribution is 6.34. The number of carbonyl (C=O) groups excluding carboxylic acids is 2. The molecule has 45 heavy (non-hydrogen) atoms. The first-order valence-electron chi connectivity index (χ1n) is 14.6. The molecule has 2 amide bonds. The Morgan fingerprint density at radius 1 is 1.22 bits per heavy atom. The second-order valence-corrected chi connectivity index (χ2v) is 12.2. The van der Waals surface area contributed by atoms with Gasteiger partial charge in [0.2, 0.25) is 11.8 Å². The first-order chi connectivity index (χ1) is 21.4. The van der Waals surface area contributed by atoms with E-state index in [1.54, 1.807) is 23.2 Å². The van der Waals surface area contributed by atoms with E-state index in [0.29, 0.717) is 29.0 Å². The Labute approximate surface area is 263 Å². The molecule has 1 aromatic carbocycles. The Hall–Kier alpha value is -4.77. The maximum atomic E-state index is 15.2. The van der Waals surface area contributed by atoms with Gasteiger partial charge in [-0.2, -0.15) is 0 Å². The topological polar surface area (TPSA) is 121 Å². The number of nitrogens with one attached hydrogen (secondary N) is 1. The van der Waals surface area contributed by atoms with Crippen molar-refractivity contribution in [3.8, 4) is 22.7 Å². The number of aryl methyl sites for hydroxylation is 1. The maximum Gasteiger partial charge on any atom is 0.282 e. The lowest BCUT2D eigenvalue weighted by Crippen LogP contribution is -2.59. The molecule has 4 aromatic rings. The molecule has 2 N–H and O–H groups in total. The van der Waals surface area contributed by atoms with Crippen molar-refractivity contribution in [3.63, 3.8) is 0 Å². The summed E-state index contributed by atoms with van der Waals surface area (Å²) in [6.45, 7) is 11.8. The number of hydrogen-bond acceptors (Lipinski definition) is 7. The summed E-state index contributed by atoms with van der Waals surface area (Å²) in [7, 11) is 0. The van der Waals surface area contributed by atoms with E-state index in [2.05, 4.69) is 16.9 Å². The minimum atomic E-state index is -0.739. The lowest BCUT2D eigenvalue weighted by atomic mass is 10.0. The summed E-state index contributed by atoms with van der Waals surface area (Å²) in [5.41, 5.74) is 1.61. The van der Waals surface area contributed by atoms with Crippen molar-refractivity contribution in [1.29, 1.82) is 0 Å². The smallest absolute Gasteiger partial charge is 0.282 e. The second-order valence-electron chi connectivity index (χ2n) is 11.8. The summed E-state index contributed by atoms with van der Waals surface area (Å²) >= 11 is 6.83. The van der Waals surface area contributed by atoms with E-state index in [4.69, 9.17) is 16.6 Å². The van der Waals surface area contributed by atoms with Crippen LogP contribution in [0.4, 0.5) is 15.8 Å². The molecule has 1 fully saturated rings. The minimum Gasteiger partial charge on any atom is -0.507 e. The van der Waals surface area contributed by atoms with Crippen molar-refractivity contribution in [2.45, 2.75) is 52.1 Å². The largest absolute Gasteiger partial charge is 0.507 e. The third-order valence-corrected chi connectivity index (χ3v) is 8.73.